The number of rotatable bonds is 14. The number of amides is 4. The molecule has 0 heterocycles. The van der Waals surface area contributed by atoms with Crippen LogP contribution < -0.4 is 5.11 Å². The van der Waals surface area contributed by atoms with Gasteiger partial charge in [-0.15, -0.1) is 0 Å². The van der Waals surface area contributed by atoms with Gasteiger partial charge in [0.1, 0.15) is 6.04 Å². The van der Waals surface area contributed by atoms with Crippen molar-refractivity contribution in [3.05, 3.63) is 35.9 Å². The third-order valence-electron chi connectivity index (χ3n) is 7.50. The molecule has 230 valence electrons. The van der Waals surface area contributed by atoms with Gasteiger partial charge in [-0.2, -0.15) is 0 Å². The Morgan fingerprint density at radius 3 is 1.83 bits per heavy atom. The van der Waals surface area contributed by atoms with Crippen LogP contribution in [0.4, 0.5) is 0 Å². The summed E-state index contributed by atoms with van der Waals surface area (Å²) in [4.78, 5) is 62.1. The summed E-state index contributed by atoms with van der Waals surface area (Å²) in [6.45, 7) is 5.28. The number of hydrogen-bond acceptors (Lipinski definition) is 6. The standard InChI is InChI=1S/C30H50N6O5/c1-21(2)17-24(28(39)31-4)35(8)30(41)25(18-23-15-13-12-14-16-23)34(7)27(38)20-32(5)26(37)19-33(6)29(40)22(3)36(9,10)11/h12-16,21-22,24-25H,17-20H2,1-11H3/t22?,24-,25-/m0/s1. The minimum atomic E-state index is -0.910. The molecule has 0 aliphatic carbocycles. The van der Waals surface area contributed by atoms with Crippen LogP contribution in [0.25, 0.3) is 0 Å². The smallest absolute Gasteiger partial charge is 0.280 e. The zero-order chi connectivity index (χ0) is 31.7. The average Bonchev–Trinajstić information content (AvgIpc) is 2.91. The first kappa shape index (κ1) is 35.6. The number of nitrogens with zero attached hydrogens (tertiary/aromatic N) is 6. The van der Waals surface area contributed by atoms with Crippen LogP contribution in [0.3, 0.4) is 0 Å². The molecule has 1 rings (SSSR count). The molecule has 0 aliphatic heterocycles. The second-order valence-corrected chi connectivity index (χ2v) is 12.1. The largest absolute Gasteiger partial charge is 0.861 e. The Labute approximate surface area is 246 Å². The van der Waals surface area contributed by atoms with Gasteiger partial charge in [-0.3, -0.25) is 19.2 Å². The summed E-state index contributed by atoms with van der Waals surface area (Å²) in [5.41, 5.74) is 0.849. The molecule has 0 fully saturated rings. The van der Waals surface area contributed by atoms with Crippen molar-refractivity contribution in [1.82, 2.24) is 19.6 Å². The molecule has 11 nitrogen and oxygen atoms in total. The third-order valence-corrected chi connectivity index (χ3v) is 7.50. The first-order valence-corrected chi connectivity index (χ1v) is 13.9. The van der Waals surface area contributed by atoms with E-state index < -0.39 is 29.8 Å². The molecule has 1 unspecified atom stereocenters. The highest BCUT2D eigenvalue weighted by molar-refractivity contribution is 5.93. The van der Waals surface area contributed by atoms with Crippen molar-refractivity contribution in [3.63, 3.8) is 0 Å². The Kier molecular flexibility index (Phi) is 13.4. The van der Waals surface area contributed by atoms with Crippen molar-refractivity contribution in [2.24, 2.45) is 10.9 Å². The highest BCUT2D eigenvalue weighted by Gasteiger charge is 2.34. The van der Waals surface area contributed by atoms with Gasteiger partial charge in [0.05, 0.1) is 40.3 Å². The van der Waals surface area contributed by atoms with Crippen LogP contribution >= 0.6 is 0 Å². The van der Waals surface area contributed by atoms with Gasteiger partial charge in [-0.25, -0.2) is 0 Å². The summed E-state index contributed by atoms with van der Waals surface area (Å²) in [7, 11) is 13.3. The van der Waals surface area contributed by atoms with Crippen molar-refractivity contribution in [3.8, 4) is 0 Å². The molecule has 41 heavy (non-hydrogen) atoms. The average molecular weight is 575 g/mol. The molecule has 0 aromatic heterocycles. The number of benzene rings is 1. The summed E-state index contributed by atoms with van der Waals surface area (Å²) < 4.78 is 0.414. The van der Waals surface area contributed by atoms with E-state index >= 15 is 0 Å². The Bertz CT molecular complexity index is 1070. The maximum Gasteiger partial charge on any atom is 0.280 e. The number of carbonyl (C=O) groups excluding carboxylic acids is 4. The monoisotopic (exact) mass is 574 g/mol. The van der Waals surface area contributed by atoms with E-state index in [9.17, 15) is 24.3 Å². The molecule has 0 spiro atoms. The lowest BCUT2D eigenvalue weighted by Gasteiger charge is -2.38. The van der Waals surface area contributed by atoms with E-state index in [4.69, 9.17) is 0 Å². The summed E-state index contributed by atoms with van der Waals surface area (Å²) in [6, 6.07) is 7.31. The summed E-state index contributed by atoms with van der Waals surface area (Å²) in [5, 5.41) is 12.6. The van der Waals surface area contributed by atoms with Crippen molar-refractivity contribution >= 4 is 29.5 Å². The van der Waals surface area contributed by atoms with E-state index in [1.807, 2.05) is 65.3 Å². The third kappa shape index (κ3) is 10.5. The lowest BCUT2D eigenvalue weighted by molar-refractivity contribution is -0.884. The normalized spacial score (nSPS) is 14.2. The van der Waals surface area contributed by atoms with Gasteiger partial charge in [-0.1, -0.05) is 44.2 Å². The van der Waals surface area contributed by atoms with E-state index in [2.05, 4.69) is 4.99 Å². The number of carbonyl (C=O) groups is 4. The highest BCUT2D eigenvalue weighted by atomic mass is 16.3. The molecule has 1 aromatic carbocycles. The number of quaternary nitrogens is 1. The quantitative estimate of drug-likeness (QED) is 0.180. The van der Waals surface area contributed by atoms with Crippen LogP contribution in [0, 0.1) is 5.92 Å². The maximum atomic E-state index is 13.8. The second-order valence-electron chi connectivity index (χ2n) is 12.1. The molecule has 0 bridgehead atoms. The van der Waals surface area contributed by atoms with Gasteiger partial charge in [0, 0.05) is 41.7 Å². The van der Waals surface area contributed by atoms with Crippen molar-refractivity contribution in [2.75, 3.05) is 69.5 Å². The molecule has 0 radical (unpaired) electrons. The van der Waals surface area contributed by atoms with Gasteiger partial charge in [-0.05, 0) is 30.7 Å². The molecule has 0 N–H and O–H groups in total. The van der Waals surface area contributed by atoms with E-state index in [1.54, 1.807) is 21.0 Å². The number of aliphatic imine (C=N–C) groups is 1. The van der Waals surface area contributed by atoms with Crippen LogP contribution in [0.15, 0.2) is 35.3 Å². The van der Waals surface area contributed by atoms with Crippen molar-refractivity contribution < 1.29 is 28.8 Å². The maximum absolute atomic E-state index is 13.8. The Morgan fingerprint density at radius 2 is 1.34 bits per heavy atom. The zero-order valence-corrected chi connectivity index (χ0v) is 26.7. The fraction of sp³-hybridized carbons (Fsp3) is 0.633. The van der Waals surface area contributed by atoms with Gasteiger partial charge in [0.25, 0.3) is 5.91 Å². The van der Waals surface area contributed by atoms with Gasteiger partial charge in [0.2, 0.25) is 17.7 Å². The molecule has 3 atom stereocenters. The number of likely N-dealkylation sites (N-methyl/N-ethyl adjacent to an activating group) is 5. The van der Waals surface area contributed by atoms with Crippen molar-refractivity contribution in [1.29, 1.82) is 0 Å². The predicted molar refractivity (Wildman–Crippen MR) is 159 cm³/mol. The van der Waals surface area contributed by atoms with Crippen LogP contribution in [-0.4, -0.2) is 141 Å². The van der Waals surface area contributed by atoms with Crippen LogP contribution in [-0.2, 0) is 25.6 Å². The van der Waals surface area contributed by atoms with E-state index in [-0.39, 0.29) is 43.3 Å². The van der Waals surface area contributed by atoms with Gasteiger partial charge < -0.3 is 34.2 Å². The van der Waals surface area contributed by atoms with E-state index in [0.717, 1.165) is 5.56 Å². The highest BCUT2D eigenvalue weighted by Crippen LogP contribution is 2.17. The Hall–Kier alpha value is -3.47. The molecular weight excluding hydrogens is 524 g/mol. The zero-order valence-electron chi connectivity index (χ0n) is 26.7. The molecule has 11 heteroatoms. The van der Waals surface area contributed by atoms with Gasteiger partial charge in [0.15, 0.2) is 6.04 Å². The fourth-order valence-electron chi connectivity index (χ4n) is 4.26. The SMILES string of the molecule is CN=C([O-])[C@H](CC(C)C)N(C)C(=O)[C@H](Cc1ccccc1)N(C)C(=O)CN(C)C(=O)CN(C)C(=O)C(C)[N+](C)(C)C. The topological polar surface area (TPSA) is 117 Å². The molecular formula is C30H50N6O5. The predicted octanol–water partition coefficient (Wildman–Crippen LogP) is 0.329. The Morgan fingerprint density at radius 1 is 0.805 bits per heavy atom. The van der Waals surface area contributed by atoms with Crippen molar-refractivity contribution in [2.45, 2.75) is 51.7 Å². The minimum absolute atomic E-state index is 0.142. The van der Waals surface area contributed by atoms with Gasteiger partial charge >= 0.3 is 0 Å². The lowest BCUT2D eigenvalue weighted by atomic mass is 9.99. The van der Waals surface area contributed by atoms with E-state index in [0.29, 0.717) is 10.9 Å². The molecule has 0 aliphatic rings. The second kappa shape index (κ2) is 15.5. The number of hydrogen-bond donors (Lipinski definition) is 0. The first-order chi connectivity index (χ1) is 18.9. The summed E-state index contributed by atoms with van der Waals surface area (Å²) in [5.74, 6) is -1.66. The minimum Gasteiger partial charge on any atom is -0.861 e. The van der Waals surface area contributed by atoms with Crippen LogP contribution in [0.1, 0.15) is 32.8 Å². The molecule has 1 aromatic rings. The summed E-state index contributed by atoms with van der Waals surface area (Å²) in [6.07, 6.45) is 0.667. The molecule has 0 saturated carbocycles. The first-order valence-electron chi connectivity index (χ1n) is 13.9. The molecule has 0 saturated heterocycles. The Balaban J connectivity index is 3.13. The molecule has 4 amide bonds. The van der Waals surface area contributed by atoms with Crippen LogP contribution in [0.5, 0.6) is 0 Å². The fourth-order valence-corrected chi connectivity index (χ4v) is 4.26. The van der Waals surface area contributed by atoms with Crippen LogP contribution in [0.2, 0.25) is 0 Å². The lowest BCUT2D eigenvalue weighted by Crippen LogP contribution is -2.57. The van der Waals surface area contributed by atoms with E-state index in [1.165, 1.54) is 40.7 Å². The summed E-state index contributed by atoms with van der Waals surface area (Å²) >= 11 is 0.